The predicted molar refractivity (Wildman–Crippen MR) is 56.7 cm³/mol. The molecule has 2 aliphatic carbocycles. The molecule has 0 spiro atoms. The Balaban J connectivity index is 1.79. The number of hydrogen-bond acceptors (Lipinski definition) is 4. The van der Waals surface area contributed by atoms with Crippen molar-refractivity contribution in [2.24, 2.45) is 0 Å². The van der Waals surface area contributed by atoms with Crippen molar-refractivity contribution in [2.75, 3.05) is 5.73 Å². The van der Waals surface area contributed by atoms with E-state index in [1.807, 2.05) is 0 Å². The van der Waals surface area contributed by atoms with E-state index in [1.165, 1.54) is 19.3 Å². The Labute approximate surface area is 88.9 Å². The van der Waals surface area contributed by atoms with Gasteiger partial charge in [0.15, 0.2) is 0 Å². The molecule has 0 bridgehead atoms. The number of hydrogen-bond donors (Lipinski definition) is 1. The van der Waals surface area contributed by atoms with Crippen LogP contribution >= 0.6 is 0 Å². The van der Waals surface area contributed by atoms with Crippen LogP contribution in [0.15, 0.2) is 6.07 Å². The lowest BCUT2D eigenvalue weighted by molar-refractivity contribution is 0.114. The number of nitrogens with zero attached hydrogens (tertiary/aromatic N) is 2. The summed E-state index contributed by atoms with van der Waals surface area (Å²) in [5, 5.41) is 0. The molecule has 0 radical (unpaired) electrons. The topological polar surface area (TPSA) is 61.0 Å². The van der Waals surface area contributed by atoms with Crippen LogP contribution in [0, 0.1) is 0 Å². The summed E-state index contributed by atoms with van der Waals surface area (Å²) >= 11 is 0. The number of anilines is 1. The molecule has 0 amide bonds. The fourth-order valence-corrected chi connectivity index (χ4v) is 1.71. The summed E-state index contributed by atoms with van der Waals surface area (Å²) in [6.07, 6.45) is 6.27. The second kappa shape index (κ2) is 3.36. The van der Waals surface area contributed by atoms with Crippen molar-refractivity contribution in [1.29, 1.82) is 0 Å². The van der Waals surface area contributed by atoms with Crippen LogP contribution in [0.4, 0.5) is 5.82 Å². The number of nitrogen functional groups attached to an aromatic ring is 1. The average molecular weight is 205 g/mol. The van der Waals surface area contributed by atoms with Crippen LogP contribution in [0.25, 0.3) is 0 Å². The standard InChI is InChI=1S/C11H15N3O/c12-9-6-10(15-8-2-1-3-8)14-11(13-9)7-4-5-7/h6-8H,1-5H2,(H2,12,13,14). The minimum atomic E-state index is 0.353. The van der Waals surface area contributed by atoms with Gasteiger partial charge >= 0.3 is 0 Å². The van der Waals surface area contributed by atoms with Crippen molar-refractivity contribution in [3.8, 4) is 5.88 Å². The lowest BCUT2D eigenvalue weighted by Gasteiger charge is -2.25. The molecule has 0 aromatic carbocycles. The zero-order valence-electron chi connectivity index (χ0n) is 8.65. The molecular formula is C11H15N3O. The molecular weight excluding hydrogens is 190 g/mol. The van der Waals surface area contributed by atoms with Crippen molar-refractivity contribution in [3.05, 3.63) is 11.9 Å². The van der Waals surface area contributed by atoms with E-state index >= 15 is 0 Å². The minimum Gasteiger partial charge on any atom is -0.474 e. The lowest BCUT2D eigenvalue weighted by Crippen LogP contribution is -2.25. The van der Waals surface area contributed by atoms with Gasteiger partial charge < -0.3 is 10.5 Å². The fourth-order valence-electron chi connectivity index (χ4n) is 1.71. The van der Waals surface area contributed by atoms with Crippen LogP contribution in [0.2, 0.25) is 0 Å². The normalized spacial score (nSPS) is 21.1. The molecule has 2 aliphatic rings. The third-order valence-corrected chi connectivity index (χ3v) is 3.02. The predicted octanol–water partition coefficient (Wildman–Crippen LogP) is 1.87. The zero-order valence-corrected chi connectivity index (χ0v) is 8.65. The number of nitrogens with two attached hydrogens (primary N) is 1. The first kappa shape index (κ1) is 8.95. The van der Waals surface area contributed by atoms with E-state index in [0.29, 0.717) is 23.7 Å². The monoisotopic (exact) mass is 205 g/mol. The first-order chi connectivity index (χ1) is 7.31. The van der Waals surface area contributed by atoms with Gasteiger partial charge in [-0.2, -0.15) is 4.98 Å². The van der Waals surface area contributed by atoms with Gasteiger partial charge in [-0.05, 0) is 32.1 Å². The van der Waals surface area contributed by atoms with Gasteiger partial charge in [0.25, 0.3) is 0 Å². The third kappa shape index (κ3) is 1.89. The molecule has 80 valence electrons. The number of rotatable bonds is 3. The molecule has 3 rings (SSSR count). The maximum absolute atomic E-state index is 5.73. The fraction of sp³-hybridized carbons (Fsp3) is 0.636. The van der Waals surface area contributed by atoms with E-state index in [0.717, 1.165) is 18.7 Å². The van der Waals surface area contributed by atoms with E-state index in [9.17, 15) is 0 Å². The van der Waals surface area contributed by atoms with E-state index < -0.39 is 0 Å². The highest BCUT2D eigenvalue weighted by atomic mass is 16.5. The summed E-state index contributed by atoms with van der Waals surface area (Å²) < 4.78 is 5.72. The summed E-state index contributed by atoms with van der Waals surface area (Å²) in [7, 11) is 0. The van der Waals surface area contributed by atoms with Gasteiger partial charge in [0.1, 0.15) is 17.7 Å². The van der Waals surface area contributed by atoms with E-state index in [2.05, 4.69) is 9.97 Å². The molecule has 0 atom stereocenters. The summed E-state index contributed by atoms with van der Waals surface area (Å²) in [5.41, 5.74) is 5.73. The smallest absolute Gasteiger partial charge is 0.219 e. The van der Waals surface area contributed by atoms with Gasteiger partial charge in [-0.25, -0.2) is 4.98 Å². The van der Waals surface area contributed by atoms with Crippen molar-refractivity contribution in [2.45, 2.75) is 44.1 Å². The average Bonchev–Trinajstić information content (AvgIpc) is 2.93. The molecule has 0 saturated heterocycles. The van der Waals surface area contributed by atoms with Gasteiger partial charge in [-0.3, -0.25) is 0 Å². The quantitative estimate of drug-likeness (QED) is 0.818. The van der Waals surface area contributed by atoms with Gasteiger partial charge in [0.2, 0.25) is 5.88 Å². The molecule has 4 heteroatoms. The molecule has 2 fully saturated rings. The summed E-state index contributed by atoms with van der Waals surface area (Å²) in [6, 6.07) is 1.73. The molecule has 0 unspecified atom stereocenters. The van der Waals surface area contributed by atoms with Crippen molar-refractivity contribution < 1.29 is 4.74 Å². The molecule has 0 aliphatic heterocycles. The van der Waals surface area contributed by atoms with Crippen LogP contribution in [0.3, 0.4) is 0 Å². The van der Waals surface area contributed by atoms with E-state index in [-0.39, 0.29) is 0 Å². The van der Waals surface area contributed by atoms with Crippen LogP contribution in [-0.4, -0.2) is 16.1 Å². The molecule has 4 nitrogen and oxygen atoms in total. The minimum absolute atomic E-state index is 0.353. The van der Waals surface area contributed by atoms with E-state index in [4.69, 9.17) is 10.5 Å². The van der Waals surface area contributed by atoms with Gasteiger partial charge in [-0.15, -0.1) is 0 Å². The molecule has 15 heavy (non-hydrogen) atoms. The molecule has 1 aromatic rings. The van der Waals surface area contributed by atoms with Crippen LogP contribution in [-0.2, 0) is 0 Å². The van der Waals surface area contributed by atoms with Gasteiger partial charge in [-0.1, -0.05) is 0 Å². The SMILES string of the molecule is Nc1cc(OC2CCC2)nc(C2CC2)n1. The maximum atomic E-state index is 5.73. The zero-order chi connectivity index (χ0) is 10.3. The van der Waals surface area contributed by atoms with Gasteiger partial charge in [0, 0.05) is 12.0 Å². The highest BCUT2D eigenvalue weighted by Gasteiger charge is 2.28. The van der Waals surface area contributed by atoms with Crippen molar-refractivity contribution in [1.82, 2.24) is 9.97 Å². The Morgan fingerprint density at radius 2 is 2.00 bits per heavy atom. The lowest BCUT2D eigenvalue weighted by atomic mass is 9.96. The Morgan fingerprint density at radius 1 is 1.20 bits per heavy atom. The van der Waals surface area contributed by atoms with Crippen molar-refractivity contribution >= 4 is 5.82 Å². The summed E-state index contributed by atoms with van der Waals surface area (Å²) in [5.74, 6) is 2.58. The van der Waals surface area contributed by atoms with Crippen molar-refractivity contribution in [3.63, 3.8) is 0 Å². The summed E-state index contributed by atoms with van der Waals surface area (Å²) in [6.45, 7) is 0. The highest BCUT2D eigenvalue weighted by molar-refractivity contribution is 5.34. The van der Waals surface area contributed by atoms with Crippen LogP contribution < -0.4 is 10.5 Å². The van der Waals surface area contributed by atoms with Crippen LogP contribution in [0.5, 0.6) is 5.88 Å². The Kier molecular flexibility index (Phi) is 2.01. The Bertz CT molecular complexity index is 372. The number of ether oxygens (including phenoxy) is 1. The third-order valence-electron chi connectivity index (χ3n) is 3.02. The first-order valence-electron chi connectivity index (χ1n) is 5.62. The molecule has 2 saturated carbocycles. The second-order valence-electron chi connectivity index (χ2n) is 4.43. The number of aromatic nitrogens is 2. The second-order valence-corrected chi connectivity index (χ2v) is 4.43. The molecule has 1 heterocycles. The maximum Gasteiger partial charge on any atom is 0.219 e. The molecule has 2 N–H and O–H groups in total. The Morgan fingerprint density at radius 3 is 2.60 bits per heavy atom. The van der Waals surface area contributed by atoms with Crippen LogP contribution in [0.1, 0.15) is 43.8 Å². The Hall–Kier alpha value is -1.32. The van der Waals surface area contributed by atoms with E-state index in [1.54, 1.807) is 6.07 Å². The summed E-state index contributed by atoms with van der Waals surface area (Å²) in [4.78, 5) is 8.64. The molecule has 1 aromatic heterocycles. The highest BCUT2D eigenvalue weighted by Crippen LogP contribution is 2.39. The first-order valence-corrected chi connectivity index (χ1v) is 5.62. The largest absolute Gasteiger partial charge is 0.474 e. The van der Waals surface area contributed by atoms with Gasteiger partial charge in [0.05, 0.1) is 0 Å².